The average molecular weight is 371 g/mol. The van der Waals surface area contributed by atoms with E-state index in [1.54, 1.807) is 6.92 Å². The molecule has 0 saturated carbocycles. The summed E-state index contributed by atoms with van der Waals surface area (Å²) in [6.07, 6.45) is -0.577. The molecule has 22 heavy (non-hydrogen) atoms. The highest BCUT2D eigenvalue weighted by atomic mass is 79.9. The Morgan fingerprint density at radius 3 is 2.45 bits per heavy atom. The molecule has 0 saturated heterocycles. The summed E-state index contributed by atoms with van der Waals surface area (Å²) in [6.45, 7) is 7.65. The lowest BCUT2D eigenvalue weighted by atomic mass is 10.0. The molecule has 0 spiro atoms. The molecule has 2 N–H and O–H groups in total. The van der Waals surface area contributed by atoms with Gasteiger partial charge in [-0.3, -0.25) is 4.79 Å². The molecule has 1 aromatic carbocycles. The van der Waals surface area contributed by atoms with Crippen molar-refractivity contribution in [3.63, 3.8) is 0 Å². The molecule has 0 radical (unpaired) electrons. The predicted octanol–water partition coefficient (Wildman–Crippen LogP) is 3.40. The van der Waals surface area contributed by atoms with Gasteiger partial charge in [-0.2, -0.15) is 0 Å². The molecule has 0 aliphatic carbocycles. The van der Waals surface area contributed by atoms with Crippen LogP contribution in [0.15, 0.2) is 28.7 Å². The molecule has 0 heterocycles. The van der Waals surface area contributed by atoms with Crippen molar-refractivity contribution in [1.82, 2.24) is 10.6 Å². The molecular weight excluding hydrogens is 348 g/mol. The van der Waals surface area contributed by atoms with E-state index in [1.165, 1.54) is 0 Å². The quantitative estimate of drug-likeness (QED) is 0.806. The highest BCUT2D eigenvalue weighted by molar-refractivity contribution is 9.10. The first kappa shape index (κ1) is 18.5. The normalized spacial score (nSPS) is 13.4. The van der Waals surface area contributed by atoms with Gasteiger partial charge >= 0.3 is 6.09 Å². The Labute approximate surface area is 139 Å². The molecule has 6 heteroatoms. The lowest BCUT2D eigenvalue weighted by Crippen LogP contribution is -2.50. The van der Waals surface area contributed by atoms with Crippen LogP contribution < -0.4 is 10.6 Å². The highest BCUT2D eigenvalue weighted by Crippen LogP contribution is 2.18. The van der Waals surface area contributed by atoms with Crippen molar-refractivity contribution in [3.05, 3.63) is 34.3 Å². The number of alkyl carbamates (subject to hydrolysis) is 1. The number of hydrogen-bond donors (Lipinski definition) is 2. The number of ether oxygens (including phenoxy) is 1. The van der Waals surface area contributed by atoms with Gasteiger partial charge in [-0.15, -0.1) is 0 Å². The second-order valence-corrected chi connectivity index (χ2v) is 6.29. The smallest absolute Gasteiger partial charge is 0.407 e. The van der Waals surface area contributed by atoms with Crippen LogP contribution in [-0.2, 0) is 9.53 Å². The monoisotopic (exact) mass is 370 g/mol. The van der Waals surface area contributed by atoms with E-state index in [1.807, 2.05) is 45.0 Å². The lowest BCUT2D eigenvalue weighted by Gasteiger charge is -2.24. The number of amides is 2. The zero-order valence-corrected chi connectivity index (χ0v) is 14.9. The molecule has 0 unspecified atom stereocenters. The zero-order chi connectivity index (χ0) is 16.7. The van der Waals surface area contributed by atoms with Crippen molar-refractivity contribution in [2.45, 2.75) is 39.8 Å². The number of rotatable bonds is 6. The minimum absolute atomic E-state index is 0.0425. The summed E-state index contributed by atoms with van der Waals surface area (Å²) in [5.74, 6) is -0.269. The number of nitrogens with one attached hydrogen (secondary N) is 2. The van der Waals surface area contributed by atoms with Gasteiger partial charge in [0, 0.05) is 4.47 Å². The van der Waals surface area contributed by atoms with Gasteiger partial charge in [0.15, 0.2) is 0 Å². The zero-order valence-electron chi connectivity index (χ0n) is 13.4. The van der Waals surface area contributed by atoms with Crippen molar-refractivity contribution in [3.8, 4) is 0 Å². The maximum absolute atomic E-state index is 12.4. The lowest BCUT2D eigenvalue weighted by molar-refractivity contribution is -0.124. The van der Waals surface area contributed by atoms with Crippen LogP contribution in [0.25, 0.3) is 0 Å². The Hall–Kier alpha value is -1.56. The van der Waals surface area contributed by atoms with Gasteiger partial charge in [0.2, 0.25) is 5.91 Å². The number of hydrogen-bond acceptors (Lipinski definition) is 3. The summed E-state index contributed by atoms with van der Waals surface area (Å²) in [6, 6.07) is 6.95. The van der Waals surface area contributed by atoms with Crippen LogP contribution in [-0.4, -0.2) is 24.6 Å². The number of carbonyl (C=O) groups is 2. The molecule has 122 valence electrons. The molecule has 2 amide bonds. The summed E-state index contributed by atoms with van der Waals surface area (Å²) in [5.41, 5.74) is 0.987. The Kier molecular flexibility index (Phi) is 7.38. The minimum Gasteiger partial charge on any atom is -0.450 e. The number of benzene rings is 1. The van der Waals surface area contributed by atoms with E-state index in [-0.39, 0.29) is 24.5 Å². The Morgan fingerprint density at radius 1 is 1.23 bits per heavy atom. The highest BCUT2D eigenvalue weighted by Gasteiger charge is 2.26. The fourth-order valence-corrected chi connectivity index (χ4v) is 2.41. The first-order valence-corrected chi connectivity index (χ1v) is 8.13. The third kappa shape index (κ3) is 5.67. The standard InChI is InChI=1S/C16H23BrN2O3/c1-5-22-16(21)19-14(10(2)3)15(20)18-11(4)12-7-6-8-13(17)9-12/h6-11,14H,5H2,1-4H3,(H,18,20)(H,19,21)/t11-,14-/m0/s1. The van der Waals surface area contributed by atoms with E-state index >= 15 is 0 Å². The third-order valence-electron chi connectivity index (χ3n) is 3.21. The first-order chi connectivity index (χ1) is 10.3. The van der Waals surface area contributed by atoms with E-state index < -0.39 is 12.1 Å². The van der Waals surface area contributed by atoms with Crippen LogP contribution in [0.4, 0.5) is 4.79 Å². The van der Waals surface area contributed by atoms with E-state index in [0.717, 1.165) is 10.0 Å². The van der Waals surface area contributed by atoms with Gasteiger partial charge in [0.05, 0.1) is 12.6 Å². The van der Waals surface area contributed by atoms with Gasteiger partial charge in [-0.25, -0.2) is 4.79 Å². The van der Waals surface area contributed by atoms with Crippen LogP contribution in [0.5, 0.6) is 0 Å². The van der Waals surface area contributed by atoms with Gasteiger partial charge in [-0.05, 0) is 37.5 Å². The molecular formula is C16H23BrN2O3. The molecule has 0 aliphatic rings. The summed E-state index contributed by atoms with van der Waals surface area (Å²) in [7, 11) is 0. The van der Waals surface area contributed by atoms with Crippen molar-refractivity contribution >= 4 is 27.9 Å². The molecule has 2 atom stereocenters. The van der Waals surface area contributed by atoms with Crippen LogP contribution >= 0.6 is 15.9 Å². The van der Waals surface area contributed by atoms with Crippen LogP contribution in [0.1, 0.15) is 39.3 Å². The average Bonchev–Trinajstić information content (AvgIpc) is 2.44. The van der Waals surface area contributed by atoms with E-state index in [4.69, 9.17) is 4.74 Å². The maximum atomic E-state index is 12.4. The van der Waals surface area contributed by atoms with Crippen molar-refractivity contribution in [2.24, 2.45) is 5.92 Å². The second-order valence-electron chi connectivity index (χ2n) is 5.37. The van der Waals surface area contributed by atoms with Crippen molar-refractivity contribution in [2.75, 3.05) is 6.61 Å². The van der Waals surface area contributed by atoms with Gasteiger partial charge < -0.3 is 15.4 Å². The summed E-state index contributed by atoms with van der Waals surface area (Å²) >= 11 is 3.41. The topological polar surface area (TPSA) is 67.4 Å². The molecule has 1 rings (SSSR count). The molecule has 0 bridgehead atoms. The van der Waals surface area contributed by atoms with Gasteiger partial charge in [0.1, 0.15) is 6.04 Å². The number of carbonyl (C=O) groups excluding carboxylic acids is 2. The van der Waals surface area contributed by atoms with Gasteiger partial charge in [-0.1, -0.05) is 41.9 Å². The number of halogens is 1. The molecule has 0 aromatic heterocycles. The first-order valence-electron chi connectivity index (χ1n) is 7.34. The summed E-state index contributed by atoms with van der Waals surface area (Å²) in [4.78, 5) is 23.9. The molecule has 5 nitrogen and oxygen atoms in total. The van der Waals surface area contributed by atoms with E-state index in [2.05, 4.69) is 26.6 Å². The van der Waals surface area contributed by atoms with Gasteiger partial charge in [0.25, 0.3) is 0 Å². The fraction of sp³-hybridized carbons (Fsp3) is 0.500. The predicted molar refractivity (Wildman–Crippen MR) is 89.5 cm³/mol. The summed E-state index contributed by atoms with van der Waals surface area (Å²) < 4.78 is 5.80. The van der Waals surface area contributed by atoms with Crippen LogP contribution in [0, 0.1) is 5.92 Å². The third-order valence-corrected chi connectivity index (χ3v) is 3.70. The van der Waals surface area contributed by atoms with Crippen LogP contribution in [0.3, 0.4) is 0 Å². The Balaban J connectivity index is 2.72. The molecule has 1 aromatic rings. The van der Waals surface area contributed by atoms with Crippen LogP contribution in [0.2, 0.25) is 0 Å². The Bertz CT molecular complexity index is 520. The SMILES string of the molecule is CCOC(=O)N[C@H](C(=O)N[C@@H](C)c1cccc(Br)c1)C(C)C. The van der Waals surface area contributed by atoms with E-state index in [0.29, 0.717) is 0 Å². The summed E-state index contributed by atoms with van der Waals surface area (Å²) in [5, 5.41) is 5.53. The Morgan fingerprint density at radius 2 is 1.91 bits per heavy atom. The maximum Gasteiger partial charge on any atom is 0.407 e. The van der Waals surface area contributed by atoms with Crippen molar-refractivity contribution in [1.29, 1.82) is 0 Å². The minimum atomic E-state index is -0.631. The van der Waals surface area contributed by atoms with E-state index in [9.17, 15) is 9.59 Å². The molecule has 0 aliphatic heterocycles. The van der Waals surface area contributed by atoms with Crippen molar-refractivity contribution < 1.29 is 14.3 Å². The molecule has 0 fully saturated rings. The fourth-order valence-electron chi connectivity index (χ4n) is 2.00. The second kappa shape index (κ2) is 8.78. The largest absolute Gasteiger partial charge is 0.450 e.